The quantitative estimate of drug-likeness (QED) is 0.188. The lowest BCUT2D eigenvalue weighted by molar-refractivity contribution is -0.144. The van der Waals surface area contributed by atoms with E-state index >= 15 is 0 Å². The smallest absolute Gasteiger partial charge is 0.317 e. The molecule has 0 amide bonds. The highest BCUT2D eigenvalue weighted by Gasteiger charge is 2.54. The van der Waals surface area contributed by atoms with Crippen LogP contribution in [0.2, 0.25) is 0 Å². The van der Waals surface area contributed by atoms with Crippen molar-refractivity contribution < 1.29 is 23.1 Å². The van der Waals surface area contributed by atoms with Gasteiger partial charge in [-0.3, -0.25) is 4.79 Å². The summed E-state index contributed by atoms with van der Waals surface area (Å²) >= 11 is 0. The molecule has 1 aliphatic heterocycles. The second-order valence-corrected chi connectivity index (χ2v) is 8.13. The van der Waals surface area contributed by atoms with Crippen LogP contribution in [-0.2, 0) is 26.3 Å². The summed E-state index contributed by atoms with van der Waals surface area (Å²) in [5, 5.41) is 13.0. The average molecular weight is 409 g/mol. The van der Waals surface area contributed by atoms with Gasteiger partial charge in [-0.15, -0.1) is 6.58 Å². The van der Waals surface area contributed by atoms with Crippen molar-refractivity contribution in [1.82, 2.24) is 9.03 Å². The number of azide groups is 1. The summed E-state index contributed by atoms with van der Waals surface area (Å²) in [6.45, 7) is 3.57. The lowest BCUT2D eigenvalue weighted by atomic mass is 9.85. The van der Waals surface area contributed by atoms with Gasteiger partial charge < -0.3 is 9.84 Å². The van der Waals surface area contributed by atoms with Crippen molar-refractivity contribution in [1.29, 1.82) is 0 Å². The van der Waals surface area contributed by atoms with Crippen molar-refractivity contribution >= 4 is 16.2 Å². The molecule has 1 aromatic carbocycles. The van der Waals surface area contributed by atoms with E-state index in [0.717, 1.165) is 9.87 Å². The number of carboxylic acids is 1. The van der Waals surface area contributed by atoms with Crippen molar-refractivity contribution in [3.05, 3.63) is 59.0 Å². The monoisotopic (exact) mass is 409 g/mol. The van der Waals surface area contributed by atoms with Crippen LogP contribution in [0, 0.1) is 5.92 Å². The van der Waals surface area contributed by atoms with Crippen molar-refractivity contribution in [3.8, 4) is 0 Å². The van der Waals surface area contributed by atoms with Gasteiger partial charge >= 0.3 is 5.97 Å². The summed E-state index contributed by atoms with van der Waals surface area (Å²) in [5.41, 5.74) is 7.89. The first-order chi connectivity index (χ1) is 13.4. The summed E-state index contributed by atoms with van der Waals surface area (Å²) in [7, 11) is -3.96. The molecule has 28 heavy (non-hydrogen) atoms. The minimum atomic E-state index is -3.96. The number of carbonyl (C=O) groups is 1. The third kappa shape index (κ3) is 5.09. The number of allylic oxidation sites excluding steroid dienone is 1. The lowest BCUT2D eigenvalue weighted by Gasteiger charge is -2.23. The van der Waals surface area contributed by atoms with Crippen molar-refractivity contribution in [3.63, 3.8) is 0 Å². The Morgan fingerprint density at radius 3 is 2.82 bits per heavy atom. The second kappa shape index (κ2) is 9.67. The Labute approximate surface area is 163 Å². The molecule has 0 unspecified atom stereocenters. The Balaban J connectivity index is 1.96. The fourth-order valence-electron chi connectivity index (χ4n) is 3.09. The van der Waals surface area contributed by atoms with Crippen LogP contribution >= 0.6 is 0 Å². The van der Waals surface area contributed by atoms with E-state index in [1.54, 1.807) is 0 Å². The topological polar surface area (TPSA) is 145 Å². The first-order valence-corrected chi connectivity index (χ1v) is 10.1. The van der Waals surface area contributed by atoms with Crippen LogP contribution in [0.25, 0.3) is 10.4 Å². The second-order valence-electron chi connectivity index (χ2n) is 6.37. The van der Waals surface area contributed by atoms with E-state index in [4.69, 9.17) is 10.3 Å². The molecule has 0 bridgehead atoms. The van der Waals surface area contributed by atoms with Gasteiger partial charge in [-0.25, -0.2) is 0 Å². The van der Waals surface area contributed by atoms with Crippen LogP contribution in [0.3, 0.4) is 0 Å². The standard InChI is InChI=1S/C17H23N5O5S/c1-2-6-15-11-22(13-17(15,16(23)24)20-21-18)28(25,26)19-9-10-27-12-14-7-4-3-5-8-14/h2-5,7-8,15,19H,1,6,9-13H2,(H,23,24)/t15-,17-/m0/s1. The van der Waals surface area contributed by atoms with E-state index in [1.807, 2.05) is 30.3 Å². The number of hydrogen-bond acceptors (Lipinski definition) is 5. The van der Waals surface area contributed by atoms with Crippen LogP contribution in [-0.4, -0.2) is 55.6 Å². The number of hydrogen-bond donors (Lipinski definition) is 2. The van der Waals surface area contributed by atoms with Crippen LogP contribution in [0.15, 0.2) is 48.1 Å². The van der Waals surface area contributed by atoms with Gasteiger partial charge in [0.2, 0.25) is 0 Å². The molecule has 1 aromatic rings. The molecule has 1 fully saturated rings. The number of nitrogens with one attached hydrogen (secondary N) is 1. The molecule has 0 saturated carbocycles. The molecule has 1 aliphatic rings. The first kappa shape index (κ1) is 21.9. The lowest BCUT2D eigenvalue weighted by Crippen LogP contribution is -2.46. The summed E-state index contributed by atoms with van der Waals surface area (Å²) in [5.74, 6) is -2.06. The summed E-state index contributed by atoms with van der Waals surface area (Å²) in [6, 6.07) is 9.45. The van der Waals surface area contributed by atoms with Gasteiger partial charge in [0.25, 0.3) is 10.2 Å². The molecule has 152 valence electrons. The molecule has 1 heterocycles. The largest absolute Gasteiger partial charge is 0.481 e. The fourth-order valence-corrected chi connectivity index (χ4v) is 4.36. The Hall–Kier alpha value is -2.43. The molecule has 1 saturated heterocycles. The van der Waals surface area contributed by atoms with Crippen molar-refractivity contribution in [2.24, 2.45) is 11.0 Å². The number of benzene rings is 1. The predicted molar refractivity (Wildman–Crippen MR) is 102 cm³/mol. The SMILES string of the molecule is C=CC[C@H]1CN(S(=O)(=O)NCCOCc2ccccc2)C[C@@]1(N=[N+]=[N-])C(=O)O. The minimum absolute atomic E-state index is 0.0272. The zero-order valence-electron chi connectivity index (χ0n) is 15.3. The van der Waals surface area contributed by atoms with Crippen LogP contribution < -0.4 is 4.72 Å². The maximum atomic E-state index is 12.5. The zero-order valence-corrected chi connectivity index (χ0v) is 16.1. The molecule has 0 aromatic heterocycles. The number of ether oxygens (including phenoxy) is 1. The predicted octanol–water partition coefficient (Wildman–Crippen LogP) is 1.68. The van der Waals surface area contributed by atoms with Gasteiger partial charge in [0, 0.05) is 24.5 Å². The molecule has 11 heteroatoms. The Kier molecular flexibility index (Phi) is 7.55. The summed E-state index contributed by atoms with van der Waals surface area (Å²) < 4.78 is 33.9. The maximum absolute atomic E-state index is 12.5. The van der Waals surface area contributed by atoms with E-state index in [-0.39, 0.29) is 26.1 Å². The van der Waals surface area contributed by atoms with E-state index in [2.05, 4.69) is 21.3 Å². The highest BCUT2D eigenvalue weighted by atomic mass is 32.2. The first-order valence-electron chi connectivity index (χ1n) is 8.62. The van der Waals surface area contributed by atoms with E-state index < -0.39 is 34.2 Å². The number of nitrogens with zero attached hydrogens (tertiary/aromatic N) is 4. The van der Waals surface area contributed by atoms with Gasteiger partial charge in [0.05, 0.1) is 13.2 Å². The van der Waals surface area contributed by atoms with Gasteiger partial charge in [0.15, 0.2) is 5.54 Å². The van der Waals surface area contributed by atoms with Gasteiger partial charge in [-0.1, -0.05) is 41.5 Å². The number of rotatable bonds is 11. The van der Waals surface area contributed by atoms with Gasteiger partial charge in [-0.05, 0) is 23.4 Å². The third-order valence-corrected chi connectivity index (χ3v) is 6.07. The Morgan fingerprint density at radius 1 is 1.50 bits per heavy atom. The molecule has 2 rings (SSSR count). The average Bonchev–Trinajstić information content (AvgIpc) is 3.04. The molecule has 2 N–H and O–H groups in total. The van der Waals surface area contributed by atoms with Crippen molar-refractivity contribution in [2.45, 2.75) is 18.6 Å². The van der Waals surface area contributed by atoms with Crippen molar-refractivity contribution in [2.75, 3.05) is 26.2 Å². The van der Waals surface area contributed by atoms with Gasteiger partial charge in [-0.2, -0.15) is 17.4 Å². The Bertz CT molecular complexity index is 837. The molecular weight excluding hydrogens is 386 g/mol. The van der Waals surface area contributed by atoms with E-state index in [9.17, 15) is 18.3 Å². The fraction of sp³-hybridized carbons (Fsp3) is 0.471. The molecule has 0 aliphatic carbocycles. The highest BCUT2D eigenvalue weighted by molar-refractivity contribution is 7.87. The molecule has 2 atom stereocenters. The number of aliphatic carboxylic acids is 1. The summed E-state index contributed by atoms with van der Waals surface area (Å²) in [4.78, 5) is 14.4. The van der Waals surface area contributed by atoms with E-state index in [0.29, 0.717) is 6.61 Å². The molecule has 0 spiro atoms. The highest BCUT2D eigenvalue weighted by Crippen LogP contribution is 2.36. The molecule has 0 radical (unpaired) electrons. The minimum Gasteiger partial charge on any atom is -0.481 e. The maximum Gasteiger partial charge on any atom is 0.317 e. The number of carboxylic acid groups (broad SMARTS) is 1. The van der Waals surface area contributed by atoms with Crippen LogP contribution in [0.1, 0.15) is 12.0 Å². The molecule has 10 nitrogen and oxygen atoms in total. The zero-order chi connectivity index (χ0) is 20.6. The van der Waals surface area contributed by atoms with E-state index in [1.165, 1.54) is 6.08 Å². The normalized spacial score (nSPS) is 22.5. The Morgan fingerprint density at radius 2 is 2.21 bits per heavy atom. The molecular formula is C17H23N5O5S. The van der Waals surface area contributed by atoms with Gasteiger partial charge in [0.1, 0.15) is 0 Å². The summed E-state index contributed by atoms with van der Waals surface area (Å²) in [6.07, 6.45) is 1.69. The van der Waals surface area contributed by atoms with Crippen LogP contribution in [0.5, 0.6) is 0 Å². The van der Waals surface area contributed by atoms with Crippen LogP contribution in [0.4, 0.5) is 0 Å². The third-order valence-electron chi connectivity index (χ3n) is 4.54.